The number of rotatable bonds is 1. The van der Waals surface area contributed by atoms with E-state index >= 15 is 0 Å². The quantitative estimate of drug-likeness (QED) is 0.777. The van der Waals surface area contributed by atoms with Crippen LogP contribution in [-0.4, -0.2) is 10.8 Å². The van der Waals surface area contributed by atoms with E-state index in [1.54, 1.807) is 0 Å². The number of aromatic nitrogens is 1. The van der Waals surface area contributed by atoms with Gasteiger partial charge in [-0.1, -0.05) is 0 Å². The number of ketones is 1. The molecule has 0 unspecified atom stereocenters. The zero-order chi connectivity index (χ0) is 13.3. The van der Waals surface area contributed by atoms with Gasteiger partial charge in [-0.15, -0.1) is 11.3 Å². The molecule has 0 atom stereocenters. The van der Waals surface area contributed by atoms with Gasteiger partial charge in [-0.05, 0) is 69.1 Å². The minimum absolute atomic E-state index is 0.304. The van der Waals surface area contributed by atoms with E-state index in [0.717, 1.165) is 42.7 Å². The number of aryl methyl sites for hydroxylation is 1. The highest BCUT2D eigenvalue weighted by Gasteiger charge is 2.53. The van der Waals surface area contributed by atoms with Gasteiger partial charge in [-0.3, -0.25) is 4.79 Å². The molecule has 1 aromatic rings. The minimum Gasteiger partial charge on any atom is -0.292 e. The zero-order valence-electron chi connectivity index (χ0n) is 11.9. The van der Waals surface area contributed by atoms with Crippen molar-refractivity contribution in [1.82, 2.24) is 4.98 Å². The number of hydrogen-bond donors (Lipinski definition) is 0. The van der Waals surface area contributed by atoms with E-state index in [1.807, 2.05) is 11.3 Å². The van der Waals surface area contributed by atoms with Gasteiger partial charge in [0.15, 0.2) is 5.78 Å². The van der Waals surface area contributed by atoms with Crippen molar-refractivity contribution < 1.29 is 4.79 Å². The molecule has 4 fully saturated rings. The average Bonchev–Trinajstić information content (AvgIpc) is 2.83. The normalized spacial score (nSPS) is 42.0. The molecule has 3 heteroatoms. The van der Waals surface area contributed by atoms with Crippen LogP contribution in [0, 0.1) is 17.8 Å². The summed E-state index contributed by atoms with van der Waals surface area (Å²) in [7, 11) is 0. The molecule has 0 N–H and O–H groups in total. The first kappa shape index (κ1) is 11.9. The topological polar surface area (TPSA) is 30.0 Å². The van der Waals surface area contributed by atoms with Crippen molar-refractivity contribution in [3.63, 3.8) is 0 Å². The van der Waals surface area contributed by atoms with Gasteiger partial charge in [0.1, 0.15) is 5.69 Å². The van der Waals surface area contributed by atoms with Crippen molar-refractivity contribution in [2.24, 2.45) is 17.8 Å². The first-order valence-electron chi connectivity index (χ1n) is 8.25. The maximum absolute atomic E-state index is 12.1. The van der Waals surface area contributed by atoms with Crippen molar-refractivity contribution in [2.45, 2.75) is 63.2 Å². The zero-order valence-corrected chi connectivity index (χ0v) is 12.7. The second-order valence-electron chi connectivity index (χ2n) is 7.77. The Hall–Kier alpha value is -0.700. The average molecular weight is 287 g/mol. The summed E-state index contributed by atoms with van der Waals surface area (Å²) in [5, 5.41) is 1.34. The van der Waals surface area contributed by atoms with Crippen molar-refractivity contribution in [3.8, 4) is 0 Å². The molecule has 5 aliphatic rings. The van der Waals surface area contributed by atoms with Crippen molar-refractivity contribution in [2.75, 3.05) is 0 Å². The van der Waals surface area contributed by atoms with Gasteiger partial charge in [-0.2, -0.15) is 0 Å². The Balaban J connectivity index is 1.58. The molecule has 0 spiro atoms. The third-order valence-electron chi connectivity index (χ3n) is 6.26. The molecule has 4 bridgehead atoms. The second kappa shape index (κ2) is 3.94. The lowest BCUT2D eigenvalue weighted by Crippen LogP contribution is -2.48. The van der Waals surface area contributed by atoms with Crippen LogP contribution >= 0.6 is 11.3 Å². The summed E-state index contributed by atoms with van der Waals surface area (Å²) >= 11 is 1.90. The molecule has 1 aromatic heterocycles. The molecule has 20 heavy (non-hydrogen) atoms. The van der Waals surface area contributed by atoms with E-state index in [2.05, 4.69) is 0 Å². The molecule has 0 saturated heterocycles. The summed E-state index contributed by atoms with van der Waals surface area (Å²) in [6, 6.07) is 0. The standard InChI is InChI=1S/C17H21NOS/c19-13-2-1-3-14-15(13)18-16(20-14)17-7-10-4-11(8-17)6-12(5-10)9-17/h10-12H,1-9H2. The molecule has 0 aliphatic heterocycles. The Kier molecular flexibility index (Phi) is 2.34. The SMILES string of the molecule is O=C1CCCc2sc(C34CC5CC(CC(C5)C3)C4)nc21. The van der Waals surface area contributed by atoms with Crippen LogP contribution in [0.5, 0.6) is 0 Å². The molecular formula is C17H21NOS. The van der Waals surface area contributed by atoms with Crippen LogP contribution in [0.2, 0.25) is 0 Å². The fraction of sp³-hybridized carbons (Fsp3) is 0.765. The van der Waals surface area contributed by atoms with Crippen LogP contribution in [0.1, 0.15) is 71.7 Å². The van der Waals surface area contributed by atoms with E-state index < -0.39 is 0 Å². The van der Waals surface area contributed by atoms with Crippen LogP contribution in [-0.2, 0) is 11.8 Å². The fourth-order valence-corrected chi connectivity index (χ4v) is 7.21. The third-order valence-corrected chi connectivity index (χ3v) is 7.62. The summed E-state index contributed by atoms with van der Waals surface area (Å²) in [6.45, 7) is 0. The van der Waals surface area contributed by atoms with Crippen molar-refractivity contribution >= 4 is 17.1 Å². The van der Waals surface area contributed by atoms with Crippen LogP contribution in [0.3, 0.4) is 0 Å². The van der Waals surface area contributed by atoms with E-state index in [0.29, 0.717) is 11.2 Å². The lowest BCUT2D eigenvalue weighted by molar-refractivity contribution is -0.00531. The van der Waals surface area contributed by atoms with E-state index in [4.69, 9.17) is 4.98 Å². The van der Waals surface area contributed by atoms with Crippen LogP contribution in [0.15, 0.2) is 0 Å². The molecule has 5 aliphatic carbocycles. The Morgan fingerprint density at radius 2 is 1.65 bits per heavy atom. The van der Waals surface area contributed by atoms with Gasteiger partial charge < -0.3 is 0 Å². The van der Waals surface area contributed by atoms with Gasteiger partial charge >= 0.3 is 0 Å². The van der Waals surface area contributed by atoms with Crippen LogP contribution in [0.4, 0.5) is 0 Å². The molecular weight excluding hydrogens is 266 g/mol. The molecule has 0 radical (unpaired) electrons. The van der Waals surface area contributed by atoms with Gasteiger partial charge in [0.2, 0.25) is 0 Å². The maximum Gasteiger partial charge on any atom is 0.182 e. The van der Waals surface area contributed by atoms with Crippen LogP contribution in [0.25, 0.3) is 0 Å². The first-order valence-corrected chi connectivity index (χ1v) is 9.07. The number of carbonyl (C=O) groups is 1. The molecule has 0 aromatic carbocycles. The van der Waals surface area contributed by atoms with Gasteiger partial charge in [0, 0.05) is 16.7 Å². The molecule has 4 saturated carbocycles. The lowest BCUT2D eigenvalue weighted by atomic mass is 9.50. The summed E-state index contributed by atoms with van der Waals surface area (Å²) in [4.78, 5) is 18.3. The molecule has 106 valence electrons. The lowest BCUT2D eigenvalue weighted by Gasteiger charge is -2.56. The Labute approximate surface area is 124 Å². The molecule has 0 amide bonds. The first-order chi connectivity index (χ1) is 9.72. The maximum atomic E-state index is 12.1. The second-order valence-corrected chi connectivity index (χ2v) is 8.85. The number of Topliss-reactive ketones (excluding diaryl/α,β-unsaturated/α-hetero) is 1. The molecule has 6 rings (SSSR count). The number of fused-ring (bicyclic) bond motifs is 1. The number of nitrogens with zero attached hydrogens (tertiary/aromatic N) is 1. The molecule has 2 nitrogen and oxygen atoms in total. The predicted molar refractivity (Wildman–Crippen MR) is 79.2 cm³/mol. The summed E-state index contributed by atoms with van der Waals surface area (Å²) < 4.78 is 0. The summed E-state index contributed by atoms with van der Waals surface area (Å²) in [5.74, 6) is 3.17. The Morgan fingerprint density at radius 1 is 1.00 bits per heavy atom. The summed E-state index contributed by atoms with van der Waals surface area (Å²) in [6.07, 6.45) is 11.4. The van der Waals surface area contributed by atoms with Crippen LogP contribution < -0.4 is 0 Å². The van der Waals surface area contributed by atoms with Gasteiger partial charge in [0.05, 0.1) is 5.01 Å². The number of thiazole rings is 1. The summed E-state index contributed by atoms with van der Waals surface area (Å²) in [5.41, 5.74) is 1.23. The smallest absolute Gasteiger partial charge is 0.182 e. The Morgan fingerprint density at radius 3 is 2.25 bits per heavy atom. The van der Waals surface area contributed by atoms with Crippen molar-refractivity contribution in [1.29, 1.82) is 0 Å². The number of hydrogen-bond acceptors (Lipinski definition) is 3. The fourth-order valence-electron chi connectivity index (χ4n) is 5.87. The Bertz CT molecular complexity index is 553. The highest BCUT2D eigenvalue weighted by atomic mass is 32.1. The third kappa shape index (κ3) is 1.56. The highest BCUT2D eigenvalue weighted by Crippen LogP contribution is 2.61. The van der Waals surface area contributed by atoms with E-state index in [9.17, 15) is 4.79 Å². The number of carbonyl (C=O) groups excluding carboxylic acids is 1. The van der Waals surface area contributed by atoms with Gasteiger partial charge in [0.25, 0.3) is 0 Å². The van der Waals surface area contributed by atoms with E-state index in [1.165, 1.54) is 48.4 Å². The largest absolute Gasteiger partial charge is 0.292 e. The van der Waals surface area contributed by atoms with Crippen molar-refractivity contribution in [3.05, 3.63) is 15.6 Å². The predicted octanol–water partition coefficient (Wildman–Crippen LogP) is 4.13. The van der Waals surface area contributed by atoms with E-state index in [-0.39, 0.29) is 0 Å². The highest BCUT2D eigenvalue weighted by molar-refractivity contribution is 7.12. The molecule has 1 heterocycles. The monoisotopic (exact) mass is 287 g/mol. The minimum atomic E-state index is 0.304. The van der Waals surface area contributed by atoms with Gasteiger partial charge in [-0.25, -0.2) is 4.98 Å².